The van der Waals surface area contributed by atoms with E-state index in [2.05, 4.69) is 20.7 Å². The Labute approximate surface area is 197 Å². The smallest absolute Gasteiger partial charge is 0.289 e. The second-order valence-electron chi connectivity index (χ2n) is 7.28. The van der Waals surface area contributed by atoms with Crippen molar-refractivity contribution in [3.8, 4) is 28.5 Å². The van der Waals surface area contributed by atoms with Crippen LogP contribution in [0, 0.1) is 0 Å². The largest absolute Gasteiger partial charge is 0.497 e. The number of benzene rings is 3. The lowest BCUT2D eigenvalue weighted by atomic mass is 10.1. The molecule has 0 fully saturated rings. The van der Waals surface area contributed by atoms with Gasteiger partial charge in [0.1, 0.15) is 18.1 Å². The fourth-order valence-electron chi connectivity index (χ4n) is 3.18. The monoisotopic (exact) mass is 456 g/mol. The van der Waals surface area contributed by atoms with Crippen LogP contribution in [0.25, 0.3) is 11.3 Å². The van der Waals surface area contributed by atoms with Crippen molar-refractivity contribution in [3.63, 3.8) is 0 Å². The van der Waals surface area contributed by atoms with Crippen LogP contribution in [0.5, 0.6) is 17.2 Å². The minimum absolute atomic E-state index is 0.283. The fourth-order valence-corrected chi connectivity index (χ4v) is 3.18. The topological polar surface area (TPSA) is 97.8 Å². The Hall–Kier alpha value is -4.59. The summed E-state index contributed by atoms with van der Waals surface area (Å²) in [5.41, 5.74) is 6.03. The third kappa shape index (κ3) is 5.60. The van der Waals surface area contributed by atoms with Crippen LogP contribution in [0.3, 0.4) is 0 Å². The van der Waals surface area contributed by atoms with E-state index in [-0.39, 0.29) is 5.69 Å². The van der Waals surface area contributed by atoms with Crippen LogP contribution >= 0.6 is 0 Å². The van der Waals surface area contributed by atoms with E-state index in [1.165, 1.54) is 0 Å². The molecule has 0 aliphatic rings. The molecule has 172 valence electrons. The van der Waals surface area contributed by atoms with Crippen molar-refractivity contribution < 1.29 is 19.0 Å². The molecule has 0 aliphatic heterocycles. The van der Waals surface area contributed by atoms with Gasteiger partial charge in [-0.05, 0) is 59.7 Å². The van der Waals surface area contributed by atoms with Gasteiger partial charge in [-0.1, -0.05) is 30.3 Å². The molecule has 0 saturated heterocycles. The highest BCUT2D eigenvalue weighted by Gasteiger charge is 2.13. The number of rotatable bonds is 9. The third-order valence-corrected chi connectivity index (χ3v) is 5.01. The van der Waals surface area contributed by atoms with Crippen molar-refractivity contribution in [3.05, 3.63) is 95.7 Å². The number of ether oxygens (including phenoxy) is 3. The molecule has 0 spiro atoms. The predicted molar refractivity (Wildman–Crippen MR) is 129 cm³/mol. The second kappa shape index (κ2) is 10.8. The zero-order valence-electron chi connectivity index (χ0n) is 18.8. The molecule has 34 heavy (non-hydrogen) atoms. The standard InChI is InChI=1S/C26H24N4O4/c1-32-21-11-8-18(9-12-21)16-27-30-26(31)23-15-22(28-29-23)20-10-13-24(25(14-20)33-2)34-17-19-6-4-3-5-7-19/h3-16H,17H2,1-2H3,(H,28,29)(H,30,31). The molecule has 8 heteroatoms. The number of aromatic nitrogens is 2. The molecular weight excluding hydrogens is 432 g/mol. The molecule has 0 saturated carbocycles. The van der Waals surface area contributed by atoms with Crippen molar-refractivity contribution >= 4 is 12.1 Å². The van der Waals surface area contributed by atoms with Gasteiger partial charge in [-0.25, -0.2) is 5.43 Å². The minimum Gasteiger partial charge on any atom is -0.497 e. The molecule has 1 aromatic heterocycles. The molecule has 0 aliphatic carbocycles. The Balaban J connectivity index is 1.40. The first-order valence-corrected chi connectivity index (χ1v) is 10.5. The number of aromatic amines is 1. The predicted octanol–water partition coefficient (Wildman–Crippen LogP) is 4.44. The average molecular weight is 457 g/mol. The molecule has 0 unspecified atom stereocenters. The van der Waals surface area contributed by atoms with Gasteiger partial charge in [0.2, 0.25) is 0 Å². The Morgan fingerprint density at radius 3 is 2.50 bits per heavy atom. The van der Waals surface area contributed by atoms with Crippen LogP contribution in [-0.4, -0.2) is 36.5 Å². The van der Waals surface area contributed by atoms with Gasteiger partial charge in [-0.15, -0.1) is 0 Å². The number of hydrazone groups is 1. The highest BCUT2D eigenvalue weighted by molar-refractivity contribution is 5.94. The summed E-state index contributed by atoms with van der Waals surface area (Å²) in [5.74, 6) is 1.54. The number of H-pyrrole nitrogens is 1. The lowest BCUT2D eigenvalue weighted by molar-refractivity contribution is 0.0950. The van der Waals surface area contributed by atoms with Gasteiger partial charge in [-0.2, -0.15) is 10.2 Å². The van der Waals surface area contributed by atoms with E-state index in [0.717, 1.165) is 22.4 Å². The van der Waals surface area contributed by atoms with E-state index < -0.39 is 5.91 Å². The zero-order chi connectivity index (χ0) is 23.8. The normalized spacial score (nSPS) is 10.8. The number of nitrogens with one attached hydrogen (secondary N) is 2. The Morgan fingerprint density at radius 2 is 1.76 bits per heavy atom. The second-order valence-corrected chi connectivity index (χ2v) is 7.28. The summed E-state index contributed by atoms with van der Waals surface area (Å²) in [6.07, 6.45) is 1.55. The number of methoxy groups -OCH3 is 2. The molecule has 1 amide bonds. The van der Waals surface area contributed by atoms with E-state index in [9.17, 15) is 4.79 Å². The van der Waals surface area contributed by atoms with Crippen LogP contribution in [0.2, 0.25) is 0 Å². The molecule has 4 aromatic rings. The Kier molecular flexibility index (Phi) is 7.19. The summed E-state index contributed by atoms with van der Waals surface area (Å²) in [6, 6.07) is 24.4. The molecule has 0 bridgehead atoms. The zero-order valence-corrected chi connectivity index (χ0v) is 18.8. The summed E-state index contributed by atoms with van der Waals surface area (Å²) in [5, 5.41) is 11.0. The summed E-state index contributed by atoms with van der Waals surface area (Å²) in [4.78, 5) is 12.4. The van der Waals surface area contributed by atoms with Crippen LogP contribution in [0.4, 0.5) is 0 Å². The van der Waals surface area contributed by atoms with Crippen molar-refractivity contribution in [1.82, 2.24) is 15.6 Å². The number of hydrogen-bond donors (Lipinski definition) is 2. The average Bonchev–Trinajstić information content (AvgIpc) is 3.39. The van der Waals surface area contributed by atoms with Crippen LogP contribution in [0.15, 0.2) is 84.0 Å². The highest BCUT2D eigenvalue weighted by atomic mass is 16.5. The number of carbonyl (C=O) groups is 1. The van der Waals surface area contributed by atoms with Crippen LogP contribution < -0.4 is 19.6 Å². The Morgan fingerprint density at radius 1 is 0.971 bits per heavy atom. The van der Waals surface area contributed by atoms with Gasteiger partial charge < -0.3 is 14.2 Å². The maximum atomic E-state index is 12.4. The number of nitrogens with zero attached hydrogens (tertiary/aromatic N) is 2. The van der Waals surface area contributed by atoms with Crippen molar-refractivity contribution in [2.24, 2.45) is 5.10 Å². The number of carbonyl (C=O) groups excluding carboxylic acids is 1. The van der Waals surface area contributed by atoms with Crippen molar-refractivity contribution in [2.75, 3.05) is 14.2 Å². The van der Waals surface area contributed by atoms with Gasteiger partial charge in [0, 0.05) is 5.56 Å². The van der Waals surface area contributed by atoms with Crippen LogP contribution in [0.1, 0.15) is 21.6 Å². The first-order valence-electron chi connectivity index (χ1n) is 10.5. The highest BCUT2D eigenvalue weighted by Crippen LogP contribution is 2.32. The maximum Gasteiger partial charge on any atom is 0.289 e. The van der Waals surface area contributed by atoms with Gasteiger partial charge in [-0.3, -0.25) is 9.89 Å². The Bertz CT molecular complexity index is 1270. The molecular formula is C26H24N4O4. The van der Waals surface area contributed by atoms with Crippen molar-refractivity contribution in [2.45, 2.75) is 6.61 Å². The molecule has 0 atom stereocenters. The van der Waals surface area contributed by atoms with Crippen molar-refractivity contribution in [1.29, 1.82) is 0 Å². The van der Waals surface area contributed by atoms with E-state index in [1.54, 1.807) is 26.5 Å². The third-order valence-electron chi connectivity index (χ3n) is 5.01. The van der Waals surface area contributed by atoms with Gasteiger partial charge in [0.25, 0.3) is 5.91 Å². The van der Waals surface area contributed by atoms with Gasteiger partial charge >= 0.3 is 0 Å². The number of amides is 1. The number of hydrogen-bond acceptors (Lipinski definition) is 6. The lowest BCUT2D eigenvalue weighted by Gasteiger charge is -2.11. The molecule has 2 N–H and O–H groups in total. The molecule has 8 nitrogen and oxygen atoms in total. The summed E-state index contributed by atoms with van der Waals surface area (Å²) in [7, 11) is 3.19. The minimum atomic E-state index is -0.404. The van der Waals surface area contributed by atoms with E-state index >= 15 is 0 Å². The lowest BCUT2D eigenvalue weighted by Crippen LogP contribution is -2.17. The first kappa shape index (κ1) is 22.6. The molecule has 1 heterocycles. The quantitative estimate of drug-likeness (QED) is 0.287. The molecule has 4 rings (SSSR count). The van der Waals surface area contributed by atoms with E-state index in [0.29, 0.717) is 23.8 Å². The summed E-state index contributed by atoms with van der Waals surface area (Å²) >= 11 is 0. The summed E-state index contributed by atoms with van der Waals surface area (Å²) in [6.45, 7) is 0.431. The molecule has 0 radical (unpaired) electrons. The fraction of sp³-hybridized carbons (Fsp3) is 0.115. The SMILES string of the molecule is COc1ccc(C=NNC(=O)c2cc(-c3ccc(OCc4ccccc4)c(OC)c3)n[nH]2)cc1. The van der Waals surface area contributed by atoms with Gasteiger partial charge in [0.05, 0.1) is 26.1 Å². The van der Waals surface area contributed by atoms with E-state index in [4.69, 9.17) is 14.2 Å². The van der Waals surface area contributed by atoms with Crippen LogP contribution in [-0.2, 0) is 6.61 Å². The van der Waals surface area contributed by atoms with E-state index in [1.807, 2.05) is 72.8 Å². The van der Waals surface area contributed by atoms with Gasteiger partial charge in [0.15, 0.2) is 11.5 Å². The summed E-state index contributed by atoms with van der Waals surface area (Å²) < 4.78 is 16.5. The molecule has 3 aromatic carbocycles. The first-order chi connectivity index (χ1) is 16.7. The maximum absolute atomic E-state index is 12.4.